The lowest BCUT2D eigenvalue weighted by Crippen LogP contribution is -2.36. The van der Waals surface area contributed by atoms with Gasteiger partial charge in [0.2, 0.25) is 0 Å². The fourth-order valence-electron chi connectivity index (χ4n) is 4.26. The van der Waals surface area contributed by atoms with Crippen LogP contribution in [-0.2, 0) is 13.0 Å². The maximum absolute atomic E-state index is 4.65. The number of nitrogens with zero attached hydrogens (tertiary/aromatic N) is 7. The summed E-state index contributed by atoms with van der Waals surface area (Å²) in [6.45, 7) is 6.08. The Kier molecular flexibility index (Phi) is 4.05. The maximum atomic E-state index is 4.65. The first-order valence-electron chi connectivity index (χ1n) is 9.41. The van der Waals surface area contributed by atoms with Gasteiger partial charge in [-0.1, -0.05) is 0 Å². The zero-order valence-corrected chi connectivity index (χ0v) is 15.9. The molecule has 1 aliphatic heterocycles. The summed E-state index contributed by atoms with van der Waals surface area (Å²) in [5.41, 5.74) is 7.21. The predicted molar refractivity (Wildman–Crippen MR) is 104 cm³/mol. The molecule has 4 aromatic heterocycles. The first-order chi connectivity index (χ1) is 13.7. The van der Waals surface area contributed by atoms with Crippen LogP contribution in [0.4, 0.5) is 0 Å². The molecule has 1 N–H and O–H groups in total. The number of hydrogen-bond donors (Lipinski definition) is 1. The number of aromatic nitrogens is 7. The van der Waals surface area contributed by atoms with Crippen molar-refractivity contribution in [1.82, 2.24) is 39.4 Å². The van der Waals surface area contributed by atoms with Crippen molar-refractivity contribution in [1.29, 1.82) is 0 Å². The number of nitrogens with one attached hydrogen (secondary N) is 1. The molecular formula is C20H22N8. The average molecular weight is 374 g/mol. The van der Waals surface area contributed by atoms with E-state index in [1.807, 2.05) is 17.1 Å². The van der Waals surface area contributed by atoms with Crippen LogP contribution in [0.5, 0.6) is 0 Å². The molecule has 142 valence electrons. The van der Waals surface area contributed by atoms with Crippen molar-refractivity contribution in [3.05, 3.63) is 83.5 Å². The Morgan fingerprint density at radius 2 is 1.93 bits per heavy atom. The molecule has 0 aromatic carbocycles. The highest BCUT2D eigenvalue weighted by molar-refractivity contribution is 5.33. The molecule has 0 saturated carbocycles. The highest BCUT2D eigenvalue weighted by atomic mass is 15.5. The van der Waals surface area contributed by atoms with Crippen molar-refractivity contribution in [3.8, 4) is 0 Å². The Bertz CT molecular complexity index is 1080. The first kappa shape index (κ1) is 16.9. The number of hydrogen-bond acceptors (Lipinski definition) is 5. The molecule has 0 radical (unpaired) electrons. The maximum Gasteiger partial charge on any atom is 0.139 e. The van der Waals surface area contributed by atoms with Crippen molar-refractivity contribution in [3.63, 3.8) is 0 Å². The molecule has 0 unspecified atom stereocenters. The van der Waals surface area contributed by atoms with Crippen molar-refractivity contribution >= 4 is 0 Å². The highest BCUT2D eigenvalue weighted by Gasteiger charge is 2.31. The van der Waals surface area contributed by atoms with E-state index < -0.39 is 0 Å². The molecule has 0 fully saturated rings. The second kappa shape index (κ2) is 6.72. The Labute approximate surface area is 162 Å². The molecule has 4 aromatic rings. The lowest BCUT2D eigenvalue weighted by atomic mass is 9.96. The summed E-state index contributed by atoms with van der Waals surface area (Å²) in [6.07, 6.45) is 9.93. The van der Waals surface area contributed by atoms with Gasteiger partial charge in [-0.3, -0.25) is 14.6 Å². The zero-order chi connectivity index (χ0) is 19.1. The van der Waals surface area contributed by atoms with Crippen molar-refractivity contribution < 1.29 is 0 Å². The van der Waals surface area contributed by atoms with E-state index in [1.54, 1.807) is 19.0 Å². The quantitative estimate of drug-likeness (QED) is 0.593. The summed E-state index contributed by atoms with van der Waals surface area (Å²) in [5.74, 6) is 0. The number of aryl methyl sites for hydroxylation is 1. The van der Waals surface area contributed by atoms with Crippen molar-refractivity contribution in [2.45, 2.75) is 32.9 Å². The lowest BCUT2D eigenvalue weighted by Gasteiger charge is -2.35. The van der Waals surface area contributed by atoms with Gasteiger partial charge < -0.3 is 4.98 Å². The molecule has 1 atom stereocenters. The molecular weight excluding hydrogens is 352 g/mol. The number of aromatic amines is 1. The molecule has 28 heavy (non-hydrogen) atoms. The van der Waals surface area contributed by atoms with Crippen molar-refractivity contribution in [2.24, 2.45) is 0 Å². The van der Waals surface area contributed by atoms with Crippen LogP contribution < -0.4 is 0 Å². The third-order valence-electron chi connectivity index (χ3n) is 5.56. The Balaban J connectivity index is 1.52. The fraction of sp³-hybridized carbons (Fsp3) is 0.300. The second-order valence-corrected chi connectivity index (χ2v) is 7.22. The predicted octanol–water partition coefficient (Wildman–Crippen LogP) is 2.27. The normalized spacial score (nSPS) is 17.0. The summed E-state index contributed by atoms with van der Waals surface area (Å²) in [7, 11) is 0. The molecule has 0 aliphatic carbocycles. The van der Waals surface area contributed by atoms with Gasteiger partial charge in [-0.15, -0.1) is 10.2 Å². The molecule has 8 heteroatoms. The van der Waals surface area contributed by atoms with Crippen LogP contribution >= 0.6 is 0 Å². The Hall–Kier alpha value is -3.26. The third-order valence-corrected chi connectivity index (χ3v) is 5.56. The van der Waals surface area contributed by atoms with Crippen LogP contribution in [0.2, 0.25) is 0 Å². The minimum atomic E-state index is 0.121. The lowest BCUT2D eigenvalue weighted by molar-refractivity contribution is 0.199. The summed E-state index contributed by atoms with van der Waals surface area (Å²) in [6, 6.07) is 6.54. The van der Waals surface area contributed by atoms with Gasteiger partial charge in [0.05, 0.1) is 18.1 Å². The number of imidazole rings is 1. The van der Waals surface area contributed by atoms with E-state index in [2.05, 4.69) is 66.8 Å². The Morgan fingerprint density at radius 3 is 2.71 bits per heavy atom. The summed E-state index contributed by atoms with van der Waals surface area (Å²) >= 11 is 0. The zero-order valence-electron chi connectivity index (χ0n) is 15.9. The van der Waals surface area contributed by atoms with Gasteiger partial charge in [-0.2, -0.15) is 0 Å². The average Bonchev–Trinajstić information content (AvgIpc) is 3.44. The summed E-state index contributed by atoms with van der Waals surface area (Å²) in [5, 5.41) is 7.88. The summed E-state index contributed by atoms with van der Waals surface area (Å²) < 4.78 is 4.05. The van der Waals surface area contributed by atoms with Gasteiger partial charge in [0.1, 0.15) is 12.7 Å². The van der Waals surface area contributed by atoms with Gasteiger partial charge in [0, 0.05) is 49.0 Å². The first-order valence-corrected chi connectivity index (χ1v) is 9.41. The van der Waals surface area contributed by atoms with E-state index in [4.69, 9.17) is 0 Å². The molecule has 1 aliphatic rings. The monoisotopic (exact) mass is 374 g/mol. The molecule has 0 saturated heterocycles. The van der Waals surface area contributed by atoms with Crippen LogP contribution in [0.3, 0.4) is 0 Å². The van der Waals surface area contributed by atoms with E-state index in [-0.39, 0.29) is 6.04 Å². The highest BCUT2D eigenvalue weighted by Crippen LogP contribution is 2.34. The van der Waals surface area contributed by atoms with Crippen LogP contribution in [0.15, 0.2) is 49.6 Å². The van der Waals surface area contributed by atoms with Gasteiger partial charge in [0.15, 0.2) is 0 Å². The summed E-state index contributed by atoms with van der Waals surface area (Å²) in [4.78, 5) is 14.6. The van der Waals surface area contributed by atoms with Crippen LogP contribution in [0, 0.1) is 13.8 Å². The number of H-pyrrole nitrogens is 1. The smallest absolute Gasteiger partial charge is 0.139 e. The van der Waals surface area contributed by atoms with Crippen LogP contribution in [0.1, 0.15) is 39.9 Å². The topological polar surface area (TPSA) is 80.5 Å². The molecule has 5 rings (SSSR count). The fourth-order valence-corrected chi connectivity index (χ4v) is 4.26. The molecule has 0 spiro atoms. The molecule has 0 bridgehead atoms. The van der Waals surface area contributed by atoms with Gasteiger partial charge in [-0.25, -0.2) is 9.66 Å². The van der Waals surface area contributed by atoms with Gasteiger partial charge in [0.25, 0.3) is 0 Å². The Morgan fingerprint density at radius 1 is 1.14 bits per heavy atom. The third kappa shape index (κ3) is 2.73. The minimum absolute atomic E-state index is 0.121. The molecule has 5 heterocycles. The SMILES string of the molecule is Cc1cc(CN2CCc3[nH]cnc3[C@@H]2c2ccncc2)c(C)n1-n1cnnc1. The number of fused-ring (bicyclic) bond motifs is 1. The number of rotatable bonds is 4. The molecule has 8 nitrogen and oxygen atoms in total. The second-order valence-electron chi connectivity index (χ2n) is 7.22. The molecule has 0 amide bonds. The van der Waals surface area contributed by atoms with Gasteiger partial charge >= 0.3 is 0 Å². The van der Waals surface area contributed by atoms with Gasteiger partial charge in [-0.05, 0) is 43.2 Å². The van der Waals surface area contributed by atoms with Crippen LogP contribution in [0.25, 0.3) is 0 Å². The van der Waals surface area contributed by atoms with Crippen molar-refractivity contribution in [2.75, 3.05) is 6.54 Å². The van der Waals surface area contributed by atoms with E-state index >= 15 is 0 Å². The standard InChI is InChI=1S/C20H22N8/c1-14-9-17(15(2)28(14)27-12-24-25-13-27)10-26-8-5-18-19(23-11-22-18)20(26)16-3-6-21-7-4-16/h3-4,6-7,9,11-13,20H,5,8,10H2,1-2H3,(H,22,23)/t20-/m0/s1. The van der Waals surface area contributed by atoms with Crippen LogP contribution in [-0.4, -0.2) is 45.9 Å². The van der Waals surface area contributed by atoms with E-state index in [0.717, 1.165) is 30.9 Å². The van der Waals surface area contributed by atoms with E-state index in [1.165, 1.54) is 22.5 Å². The van der Waals surface area contributed by atoms with E-state index in [9.17, 15) is 0 Å². The van der Waals surface area contributed by atoms with E-state index in [0.29, 0.717) is 0 Å². The number of pyridine rings is 1. The minimum Gasteiger partial charge on any atom is -0.348 e. The largest absolute Gasteiger partial charge is 0.348 e.